The van der Waals surface area contributed by atoms with E-state index < -0.39 is 5.91 Å². The Morgan fingerprint density at radius 1 is 1.20 bits per heavy atom. The monoisotopic (exact) mass is 460 g/mol. The van der Waals surface area contributed by atoms with Crippen LogP contribution in [0.1, 0.15) is 0 Å². The maximum absolute atomic E-state index is 12.8. The summed E-state index contributed by atoms with van der Waals surface area (Å²) in [4.78, 5) is 34.4. The number of nitrogens with zero attached hydrogens (tertiary/aromatic N) is 3. The van der Waals surface area contributed by atoms with Gasteiger partial charge in [0.15, 0.2) is 5.82 Å². The van der Waals surface area contributed by atoms with E-state index in [-0.39, 0.29) is 22.9 Å². The van der Waals surface area contributed by atoms with Crippen molar-refractivity contribution < 1.29 is 9.53 Å². The van der Waals surface area contributed by atoms with Crippen molar-refractivity contribution in [3.05, 3.63) is 69.3 Å². The van der Waals surface area contributed by atoms with Crippen molar-refractivity contribution in [2.45, 2.75) is 6.54 Å². The Morgan fingerprint density at radius 2 is 1.97 bits per heavy atom. The summed E-state index contributed by atoms with van der Waals surface area (Å²) in [6, 6.07) is 10.9. The smallest absolute Gasteiger partial charge is 0.271 e. The van der Waals surface area contributed by atoms with Crippen molar-refractivity contribution in [2.24, 2.45) is 0 Å². The van der Waals surface area contributed by atoms with Gasteiger partial charge in [-0.25, -0.2) is 9.97 Å². The van der Waals surface area contributed by atoms with Crippen LogP contribution < -0.4 is 15.6 Å². The number of carbonyl (C=O) groups is 1. The van der Waals surface area contributed by atoms with Gasteiger partial charge in [0.05, 0.1) is 29.0 Å². The highest BCUT2D eigenvalue weighted by Crippen LogP contribution is 2.31. The standard InChI is InChI=1S/C20H14Cl2N4O3S/c1-29-13-4-2-11(3-5-13)16-7-15-18(30-16)20(28)26(10-24-15)9-17(27)25-19-14(22)6-12(21)8-23-19/h2-8,10H,9H2,1H3,(H,23,25,27). The first-order valence-corrected chi connectivity index (χ1v) is 10.3. The van der Waals surface area contributed by atoms with Gasteiger partial charge >= 0.3 is 0 Å². The third-order valence-electron chi connectivity index (χ3n) is 4.26. The minimum Gasteiger partial charge on any atom is -0.497 e. The van der Waals surface area contributed by atoms with Crippen LogP contribution in [0.2, 0.25) is 10.0 Å². The summed E-state index contributed by atoms with van der Waals surface area (Å²) in [6.45, 7) is -0.224. The van der Waals surface area contributed by atoms with Gasteiger partial charge in [0.25, 0.3) is 5.56 Å². The summed E-state index contributed by atoms with van der Waals surface area (Å²) in [5, 5.41) is 3.13. The molecule has 3 heterocycles. The molecule has 0 atom stereocenters. The molecule has 0 saturated carbocycles. The number of thiophene rings is 1. The topological polar surface area (TPSA) is 86.1 Å². The molecule has 0 saturated heterocycles. The Bertz CT molecular complexity index is 1300. The molecule has 152 valence electrons. The van der Waals surface area contributed by atoms with E-state index in [9.17, 15) is 9.59 Å². The molecular formula is C20H14Cl2N4O3S. The van der Waals surface area contributed by atoms with Crippen molar-refractivity contribution >= 4 is 56.5 Å². The molecule has 3 aromatic heterocycles. The summed E-state index contributed by atoms with van der Waals surface area (Å²) in [6.07, 6.45) is 2.72. The molecule has 1 aromatic carbocycles. The lowest BCUT2D eigenvalue weighted by Crippen LogP contribution is -2.27. The van der Waals surface area contributed by atoms with Crippen LogP contribution in [0.15, 0.2) is 53.7 Å². The van der Waals surface area contributed by atoms with E-state index in [0.29, 0.717) is 15.2 Å². The molecular weight excluding hydrogens is 447 g/mol. The van der Waals surface area contributed by atoms with E-state index in [1.807, 2.05) is 30.3 Å². The third kappa shape index (κ3) is 4.16. The van der Waals surface area contributed by atoms with Crippen LogP contribution in [0.3, 0.4) is 0 Å². The van der Waals surface area contributed by atoms with E-state index in [1.54, 1.807) is 7.11 Å². The molecule has 0 aliphatic heterocycles. The summed E-state index contributed by atoms with van der Waals surface area (Å²) < 4.78 is 6.89. The number of fused-ring (bicyclic) bond motifs is 1. The SMILES string of the molecule is COc1ccc(-c2cc3ncn(CC(=O)Nc4ncc(Cl)cc4Cl)c(=O)c3s2)cc1. The summed E-state index contributed by atoms with van der Waals surface area (Å²) in [7, 11) is 1.61. The summed E-state index contributed by atoms with van der Waals surface area (Å²) in [5.41, 5.74) is 1.23. The van der Waals surface area contributed by atoms with Crippen molar-refractivity contribution in [3.63, 3.8) is 0 Å². The first-order valence-electron chi connectivity index (χ1n) is 8.69. The van der Waals surface area contributed by atoms with Crippen molar-refractivity contribution in [1.82, 2.24) is 14.5 Å². The quantitative estimate of drug-likeness (QED) is 0.474. The number of anilines is 1. The number of hydrogen-bond donors (Lipinski definition) is 1. The Morgan fingerprint density at radius 3 is 2.67 bits per heavy atom. The molecule has 4 rings (SSSR count). The van der Waals surface area contributed by atoms with Gasteiger partial charge in [0, 0.05) is 11.1 Å². The van der Waals surface area contributed by atoms with Crippen LogP contribution in [-0.2, 0) is 11.3 Å². The zero-order valence-electron chi connectivity index (χ0n) is 15.6. The van der Waals surface area contributed by atoms with Gasteiger partial charge in [-0.15, -0.1) is 11.3 Å². The van der Waals surface area contributed by atoms with Crippen LogP contribution in [-0.4, -0.2) is 27.6 Å². The largest absolute Gasteiger partial charge is 0.497 e. The van der Waals surface area contributed by atoms with E-state index >= 15 is 0 Å². The van der Waals surface area contributed by atoms with Crippen LogP contribution in [0, 0.1) is 0 Å². The highest BCUT2D eigenvalue weighted by molar-refractivity contribution is 7.22. The normalized spacial score (nSPS) is 10.9. The van der Waals surface area contributed by atoms with Gasteiger partial charge in [0.1, 0.15) is 17.0 Å². The lowest BCUT2D eigenvalue weighted by atomic mass is 10.2. The van der Waals surface area contributed by atoms with Crippen LogP contribution in [0.5, 0.6) is 5.75 Å². The lowest BCUT2D eigenvalue weighted by molar-refractivity contribution is -0.116. The van der Waals surface area contributed by atoms with Gasteiger partial charge < -0.3 is 10.1 Å². The fraction of sp³-hybridized carbons (Fsp3) is 0.100. The average Bonchev–Trinajstić information content (AvgIpc) is 3.17. The minimum atomic E-state index is -0.457. The van der Waals surface area contributed by atoms with E-state index in [4.69, 9.17) is 27.9 Å². The third-order valence-corrected chi connectivity index (χ3v) is 5.91. The van der Waals surface area contributed by atoms with E-state index in [1.165, 1.54) is 34.5 Å². The van der Waals surface area contributed by atoms with Crippen LogP contribution >= 0.6 is 34.5 Å². The number of carbonyl (C=O) groups excluding carboxylic acids is 1. The number of aromatic nitrogens is 3. The van der Waals surface area contributed by atoms with Gasteiger partial charge in [-0.3, -0.25) is 14.2 Å². The zero-order chi connectivity index (χ0) is 21.3. The molecule has 0 unspecified atom stereocenters. The summed E-state index contributed by atoms with van der Waals surface area (Å²) >= 11 is 13.1. The number of methoxy groups -OCH3 is 1. The predicted molar refractivity (Wildman–Crippen MR) is 119 cm³/mol. The van der Waals surface area contributed by atoms with Gasteiger partial charge in [-0.2, -0.15) is 0 Å². The number of rotatable bonds is 5. The first kappa shape index (κ1) is 20.3. The maximum Gasteiger partial charge on any atom is 0.271 e. The molecule has 0 bridgehead atoms. The Labute approximate surface area is 184 Å². The molecule has 30 heavy (non-hydrogen) atoms. The van der Waals surface area contributed by atoms with Crippen molar-refractivity contribution in [1.29, 1.82) is 0 Å². The predicted octanol–water partition coefficient (Wildman–Crippen LogP) is 4.47. The molecule has 4 aromatic rings. The molecule has 1 N–H and O–H groups in total. The van der Waals surface area contributed by atoms with E-state index in [0.717, 1.165) is 16.2 Å². The highest BCUT2D eigenvalue weighted by atomic mass is 35.5. The molecule has 0 aliphatic rings. The minimum absolute atomic E-state index is 0.172. The number of nitrogens with one attached hydrogen (secondary N) is 1. The second-order valence-corrected chi connectivity index (χ2v) is 8.16. The average molecular weight is 461 g/mol. The number of hydrogen-bond acceptors (Lipinski definition) is 6. The van der Waals surface area contributed by atoms with Crippen molar-refractivity contribution in [2.75, 3.05) is 12.4 Å². The molecule has 0 fully saturated rings. The second-order valence-electron chi connectivity index (χ2n) is 6.26. The molecule has 0 spiro atoms. The van der Waals surface area contributed by atoms with Crippen molar-refractivity contribution in [3.8, 4) is 16.2 Å². The summed E-state index contributed by atoms with van der Waals surface area (Å²) in [5.74, 6) is 0.467. The number of benzene rings is 1. The van der Waals surface area contributed by atoms with Gasteiger partial charge in [-0.1, -0.05) is 23.2 Å². The number of amides is 1. The Hall–Kier alpha value is -2.94. The zero-order valence-corrected chi connectivity index (χ0v) is 17.9. The Balaban J connectivity index is 1.58. The molecule has 0 aliphatic carbocycles. The highest BCUT2D eigenvalue weighted by Gasteiger charge is 2.14. The first-order chi connectivity index (χ1) is 14.4. The molecule has 10 heteroatoms. The Kier molecular flexibility index (Phi) is 5.72. The maximum atomic E-state index is 12.8. The van der Waals surface area contributed by atoms with Crippen LogP contribution in [0.4, 0.5) is 5.82 Å². The fourth-order valence-corrected chi connectivity index (χ4v) is 4.28. The van der Waals surface area contributed by atoms with E-state index in [2.05, 4.69) is 15.3 Å². The molecule has 7 nitrogen and oxygen atoms in total. The fourth-order valence-electron chi connectivity index (χ4n) is 2.79. The number of ether oxygens (including phenoxy) is 1. The number of pyridine rings is 1. The van der Waals surface area contributed by atoms with Gasteiger partial charge in [-0.05, 0) is 42.0 Å². The van der Waals surface area contributed by atoms with Crippen LogP contribution in [0.25, 0.3) is 20.7 Å². The lowest BCUT2D eigenvalue weighted by Gasteiger charge is -2.08. The molecule has 0 radical (unpaired) electrons. The number of halogens is 2. The molecule has 1 amide bonds. The second kappa shape index (κ2) is 8.43. The van der Waals surface area contributed by atoms with Gasteiger partial charge in [0.2, 0.25) is 5.91 Å².